The highest BCUT2D eigenvalue weighted by Gasteiger charge is 2.13. The van der Waals surface area contributed by atoms with Gasteiger partial charge >= 0.3 is 0 Å². The van der Waals surface area contributed by atoms with Crippen molar-refractivity contribution in [3.05, 3.63) is 47.4 Å². The van der Waals surface area contributed by atoms with Crippen molar-refractivity contribution in [2.45, 2.75) is 0 Å². The summed E-state index contributed by atoms with van der Waals surface area (Å²) in [6.07, 6.45) is 0. The molecule has 3 heterocycles. The molecule has 0 fully saturated rings. The van der Waals surface area contributed by atoms with Crippen molar-refractivity contribution in [2.24, 2.45) is 0 Å². The molecule has 0 spiro atoms. The van der Waals surface area contributed by atoms with Gasteiger partial charge in [-0.25, -0.2) is 4.39 Å². The summed E-state index contributed by atoms with van der Waals surface area (Å²) in [7, 11) is 0. The molecule has 0 saturated carbocycles. The molecule has 0 aliphatic carbocycles. The lowest BCUT2D eigenvalue weighted by atomic mass is 10.2. The maximum atomic E-state index is 13.2. The van der Waals surface area contributed by atoms with Gasteiger partial charge in [-0.2, -0.15) is 9.61 Å². The summed E-state index contributed by atoms with van der Waals surface area (Å²) >= 11 is 7.34. The maximum Gasteiger partial charge on any atom is 0.195 e. The van der Waals surface area contributed by atoms with Gasteiger partial charge in [-0.15, -0.1) is 21.5 Å². The van der Waals surface area contributed by atoms with Crippen LogP contribution in [-0.2, 0) is 0 Å². The van der Waals surface area contributed by atoms with Gasteiger partial charge in [0, 0.05) is 4.70 Å². The summed E-state index contributed by atoms with van der Waals surface area (Å²) in [5, 5.41) is 13.7. The molecule has 4 nitrogen and oxygen atoms in total. The van der Waals surface area contributed by atoms with Gasteiger partial charge in [-0.3, -0.25) is 0 Å². The molecule has 0 unspecified atom stereocenters. The van der Waals surface area contributed by atoms with E-state index in [-0.39, 0.29) is 5.82 Å². The van der Waals surface area contributed by atoms with E-state index in [2.05, 4.69) is 15.3 Å². The Bertz CT molecular complexity index is 946. The standard InChI is InChI=1S/C13H6ClFN4S/c14-11-3-4-12-16-17-13(19(12)18-11)10-5-7-1-2-8(15)6-9(7)20-10/h1-6H. The van der Waals surface area contributed by atoms with E-state index in [0.29, 0.717) is 16.6 Å². The fraction of sp³-hybridized carbons (Fsp3) is 0. The Kier molecular flexibility index (Phi) is 2.48. The molecule has 4 aromatic rings. The summed E-state index contributed by atoms with van der Waals surface area (Å²) in [6.45, 7) is 0. The fourth-order valence-electron chi connectivity index (χ4n) is 2.04. The van der Waals surface area contributed by atoms with E-state index in [1.54, 1.807) is 22.7 Å². The molecule has 4 rings (SSSR count). The van der Waals surface area contributed by atoms with E-state index in [9.17, 15) is 4.39 Å². The van der Waals surface area contributed by atoms with Crippen LogP contribution in [0.2, 0.25) is 5.15 Å². The van der Waals surface area contributed by atoms with Crippen molar-refractivity contribution in [3.63, 3.8) is 0 Å². The zero-order chi connectivity index (χ0) is 13.7. The smallest absolute Gasteiger partial charge is 0.195 e. The quantitative estimate of drug-likeness (QED) is 0.537. The monoisotopic (exact) mass is 304 g/mol. The minimum Gasteiger partial charge on any atom is -0.207 e. The molecule has 0 atom stereocenters. The Morgan fingerprint density at radius 3 is 2.90 bits per heavy atom. The molecule has 0 aliphatic rings. The summed E-state index contributed by atoms with van der Waals surface area (Å²) < 4.78 is 15.7. The number of halogens is 2. The first-order chi connectivity index (χ1) is 9.70. The third-order valence-corrected chi connectivity index (χ3v) is 4.23. The van der Waals surface area contributed by atoms with Crippen LogP contribution >= 0.6 is 22.9 Å². The van der Waals surface area contributed by atoms with Crippen LogP contribution < -0.4 is 0 Å². The lowest BCUT2D eigenvalue weighted by Gasteiger charge is -1.95. The van der Waals surface area contributed by atoms with Crippen LogP contribution in [0.5, 0.6) is 0 Å². The van der Waals surface area contributed by atoms with Gasteiger partial charge in [-0.05, 0) is 35.7 Å². The van der Waals surface area contributed by atoms with Crippen LogP contribution in [0.3, 0.4) is 0 Å². The van der Waals surface area contributed by atoms with E-state index in [1.165, 1.54) is 23.5 Å². The summed E-state index contributed by atoms with van der Waals surface area (Å²) in [5.74, 6) is 0.349. The Morgan fingerprint density at radius 2 is 2.00 bits per heavy atom. The molecule has 3 aromatic heterocycles. The minimum atomic E-state index is -0.252. The average Bonchev–Trinajstić information content (AvgIpc) is 3.00. The van der Waals surface area contributed by atoms with Crippen LogP contribution in [0.1, 0.15) is 0 Å². The molecular formula is C13H6ClFN4S. The Balaban J connectivity index is 1.98. The van der Waals surface area contributed by atoms with Gasteiger partial charge < -0.3 is 0 Å². The molecule has 7 heteroatoms. The SMILES string of the molecule is Fc1ccc2cc(-c3nnc4ccc(Cl)nn34)sc2c1. The van der Waals surface area contributed by atoms with Crippen molar-refractivity contribution < 1.29 is 4.39 Å². The molecule has 0 N–H and O–H groups in total. The van der Waals surface area contributed by atoms with Crippen LogP contribution in [0.4, 0.5) is 4.39 Å². The number of hydrogen-bond donors (Lipinski definition) is 0. The number of hydrogen-bond acceptors (Lipinski definition) is 4. The summed E-state index contributed by atoms with van der Waals surface area (Å²) in [4.78, 5) is 0.868. The van der Waals surface area contributed by atoms with Crippen molar-refractivity contribution >= 4 is 38.7 Å². The molecule has 1 aromatic carbocycles. The number of thiophene rings is 1. The summed E-state index contributed by atoms with van der Waals surface area (Å²) in [5.41, 5.74) is 0.619. The van der Waals surface area contributed by atoms with Crippen LogP contribution in [0.15, 0.2) is 36.4 Å². The third-order valence-electron chi connectivity index (χ3n) is 2.93. The summed E-state index contributed by atoms with van der Waals surface area (Å²) in [6, 6.07) is 10.0. The zero-order valence-electron chi connectivity index (χ0n) is 9.92. The first-order valence-corrected chi connectivity index (χ1v) is 6.97. The third kappa shape index (κ3) is 1.76. The molecular weight excluding hydrogens is 299 g/mol. The van der Waals surface area contributed by atoms with E-state index >= 15 is 0 Å². The Hall–Kier alpha value is -2.05. The van der Waals surface area contributed by atoms with Gasteiger partial charge in [0.15, 0.2) is 11.5 Å². The first kappa shape index (κ1) is 11.7. The molecule has 0 saturated heterocycles. The van der Waals surface area contributed by atoms with Crippen molar-refractivity contribution in [1.29, 1.82) is 0 Å². The molecule has 20 heavy (non-hydrogen) atoms. The first-order valence-electron chi connectivity index (χ1n) is 5.78. The van der Waals surface area contributed by atoms with Crippen molar-refractivity contribution in [3.8, 4) is 10.7 Å². The molecule has 0 radical (unpaired) electrons. The van der Waals surface area contributed by atoms with Crippen LogP contribution in [-0.4, -0.2) is 19.8 Å². The zero-order valence-corrected chi connectivity index (χ0v) is 11.5. The van der Waals surface area contributed by atoms with E-state index in [1.807, 2.05) is 6.07 Å². The predicted octanol–water partition coefficient (Wildman–Crippen LogP) is 3.80. The molecule has 0 amide bonds. The molecule has 98 valence electrons. The van der Waals surface area contributed by atoms with E-state index in [4.69, 9.17) is 11.6 Å². The Labute approximate surface area is 121 Å². The topological polar surface area (TPSA) is 43.1 Å². The van der Waals surface area contributed by atoms with Gasteiger partial charge in [0.2, 0.25) is 0 Å². The molecule has 0 bridgehead atoms. The van der Waals surface area contributed by atoms with E-state index < -0.39 is 0 Å². The van der Waals surface area contributed by atoms with Crippen molar-refractivity contribution in [1.82, 2.24) is 19.8 Å². The van der Waals surface area contributed by atoms with Crippen LogP contribution in [0, 0.1) is 5.82 Å². The lowest BCUT2D eigenvalue weighted by molar-refractivity contribution is 0.630. The number of fused-ring (bicyclic) bond motifs is 2. The average molecular weight is 305 g/mol. The van der Waals surface area contributed by atoms with Crippen molar-refractivity contribution in [2.75, 3.05) is 0 Å². The number of benzene rings is 1. The lowest BCUT2D eigenvalue weighted by Crippen LogP contribution is -1.93. The Morgan fingerprint density at radius 1 is 1.10 bits per heavy atom. The predicted molar refractivity (Wildman–Crippen MR) is 76.6 cm³/mol. The van der Waals surface area contributed by atoms with E-state index in [0.717, 1.165) is 15.0 Å². The van der Waals surface area contributed by atoms with Gasteiger partial charge in [0.05, 0.1) is 4.88 Å². The van der Waals surface area contributed by atoms with Gasteiger partial charge in [0.1, 0.15) is 11.0 Å². The second-order valence-electron chi connectivity index (χ2n) is 4.24. The second-order valence-corrected chi connectivity index (χ2v) is 5.71. The highest BCUT2D eigenvalue weighted by molar-refractivity contribution is 7.22. The number of rotatable bonds is 1. The maximum absolute atomic E-state index is 13.2. The molecule has 0 aliphatic heterocycles. The van der Waals surface area contributed by atoms with Gasteiger partial charge in [-0.1, -0.05) is 17.7 Å². The largest absolute Gasteiger partial charge is 0.207 e. The highest BCUT2D eigenvalue weighted by Crippen LogP contribution is 2.32. The van der Waals surface area contributed by atoms with Crippen LogP contribution in [0.25, 0.3) is 26.4 Å². The number of nitrogens with zero attached hydrogens (tertiary/aromatic N) is 4. The number of aromatic nitrogens is 4. The second kappa shape index (κ2) is 4.22. The normalized spacial score (nSPS) is 11.5. The fourth-order valence-corrected chi connectivity index (χ4v) is 3.23. The highest BCUT2D eigenvalue weighted by atomic mass is 35.5. The minimum absolute atomic E-state index is 0.252. The van der Waals surface area contributed by atoms with Gasteiger partial charge in [0.25, 0.3) is 0 Å².